The minimum absolute atomic E-state index is 0.672. The molecule has 0 amide bonds. The maximum absolute atomic E-state index is 5.48. The number of para-hydroxylation sites is 1. The third-order valence-electron chi connectivity index (χ3n) is 7.49. The molecule has 9 rings (SSSR count). The van der Waals surface area contributed by atoms with Gasteiger partial charge >= 0.3 is 0 Å². The lowest BCUT2D eigenvalue weighted by atomic mass is 9.80. The van der Waals surface area contributed by atoms with Crippen LogP contribution >= 0.6 is 45.9 Å². The average Bonchev–Trinajstić information content (AvgIpc) is 3.90. The lowest BCUT2D eigenvalue weighted by Crippen LogP contribution is -2.03. The molecule has 0 aliphatic rings. The highest BCUT2D eigenvalue weighted by Gasteiger charge is 2.34. The first kappa shape index (κ1) is 25.6. The van der Waals surface area contributed by atoms with E-state index in [1.807, 2.05) is 53.4 Å². The zero-order valence-electron chi connectivity index (χ0n) is 22.5. The predicted molar refractivity (Wildman–Crippen MR) is 179 cm³/mol. The first-order chi connectivity index (χ1) is 21.8. The molecular weight excluding hydrogens is 627 g/mol. The standard InChI is InChI=1S/C32H17N7OS4/c1-3-9-23-17(6-1)31(38-44-23)29-27(21-12-15-41-37-21)30(32-34-18-7-2-4-10-24(18)43-32)25(19-8-5-13-33-19)26(20-11-14-40-36-20)28(29)22-16-42-39-35-22/h1-16,33H. The van der Waals surface area contributed by atoms with Crippen LogP contribution in [0.25, 0.3) is 87.2 Å². The second-order valence-corrected chi connectivity index (χ2v) is 13.0. The SMILES string of the molecule is c1c[nH]c(-c2c(-c3ccon3)c(-c3csnn3)c(-c3nsc4ccccc34)c(-c3ccsn3)c2-c2nc3ccccc3s2)c1. The van der Waals surface area contributed by atoms with Gasteiger partial charge < -0.3 is 9.51 Å². The summed E-state index contributed by atoms with van der Waals surface area (Å²) in [5.74, 6) is 0. The summed E-state index contributed by atoms with van der Waals surface area (Å²) >= 11 is 5.85. The van der Waals surface area contributed by atoms with Crippen LogP contribution < -0.4 is 0 Å². The molecule has 0 atom stereocenters. The molecule has 0 aliphatic heterocycles. The second-order valence-electron chi connectivity index (χ2n) is 9.91. The molecule has 0 saturated carbocycles. The second kappa shape index (κ2) is 10.4. The van der Waals surface area contributed by atoms with Gasteiger partial charge in [0, 0.05) is 67.5 Å². The van der Waals surface area contributed by atoms with Crippen molar-refractivity contribution >= 4 is 66.2 Å². The summed E-state index contributed by atoms with van der Waals surface area (Å²) in [5.41, 5.74) is 10.3. The van der Waals surface area contributed by atoms with Crippen LogP contribution in [0, 0.1) is 0 Å². The highest BCUT2D eigenvalue weighted by atomic mass is 32.1. The highest BCUT2D eigenvalue weighted by Crippen LogP contribution is 2.56. The molecule has 210 valence electrons. The van der Waals surface area contributed by atoms with Crippen LogP contribution in [0.5, 0.6) is 0 Å². The van der Waals surface area contributed by atoms with Crippen LogP contribution in [0.15, 0.2) is 101 Å². The quantitative estimate of drug-likeness (QED) is 0.192. The number of hydrogen-bond donors (Lipinski definition) is 1. The van der Waals surface area contributed by atoms with E-state index in [0.29, 0.717) is 5.69 Å². The molecule has 0 radical (unpaired) electrons. The number of nitrogens with zero attached hydrogens (tertiary/aromatic N) is 6. The minimum Gasteiger partial charge on any atom is -0.364 e. The van der Waals surface area contributed by atoms with Crippen LogP contribution in [0.2, 0.25) is 0 Å². The van der Waals surface area contributed by atoms with E-state index in [2.05, 4.69) is 56.1 Å². The molecule has 0 aliphatic carbocycles. The number of hydrogen-bond acceptors (Lipinski definition) is 11. The summed E-state index contributed by atoms with van der Waals surface area (Å²) in [6.45, 7) is 0. The van der Waals surface area contributed by atoms with Gasteiger partial charge in [0.15, 0.2) is 0 Å². The first-order valence-electron chi connectivity index (χ1n) is 13.5. The van der Waals surface area contributed by atoms with Crippen molar-refractivity contribution in [2.45, 2.75) is 0 Å². The molecular formula is C32H17N7OS4. The van der Waals surface area contributed by atoms with E-state index in [0.717, 1.165) is 81.5 Å². The van der Waals surface area contributed by atoms with Gasteiger partial charge in [-0.25, -0.2) is 4.98 Å². The molecule has 3 aromatic carbocycles. The van der Waals surface area contributed by atoms with Crippen molar-refractivity contribution in [3.8, 4) is 66.9 Å². The van der Waals surface area contributed by atoms with Crippen LogP contribution in [-0.4, -0.2) is 33.5 Å². The van der Waals surface area contributed by atoms with E-state index in [1.54, 1.807) is 17.6 Å². The molecule has 6 aromatic heterocycles. The molecule has 0 saturated heterocycles. The van der Waals surface area contributed by atoms with Crippen molar-refractivity contribution in [1.82, 2.24) is 33.5 Å². The van der Waals surface area contributed by atoms with E-state index in [-0.39, 0.29) is 0 Å². The van der Waals surface area contributed by atoms with Crippen molar-refractivity contribution in [3.63, 3.8) is 0 Å². The van der Waals surface area contributed by atoms with Gasteiger partial charge in [-0.1, -0.05) is 40.0 Å². The Bertz CT molecular complexity index is 2360. The molecule has 6 heterocycles. The summed E-state index contributed by atoms with van der Waals surface area (Å²) in [4.78, 5) is 8.70. The molecule has 8 nitrogen and oxygen atoms in total. The predicted octanol–water partition coefficient (Wildman–Crippen LogP) is 9.53. The number of fused-ring (bicyclic) bond motifs is 2. The third kappa shape index (κ3) is 3.99. The summed E-state index contributed by atoms with van der Waals surface area (Å²) in [5, 5.41) is 15.0. The van der Waals surface area contributed by atoms with E-state index in [4.69, 9.17) is 18.3 Å². The summed E-state index contributed by atoms with van der Waals surface area (Å²) in [7, 11) is 0. The number of aromatic nitrogens is 7. The summed E-state index contributed by atoms with van der Waals surface area (Å²) in [6.07, 6.45) is 3.53. The number of H-pyrrole nitrogens is 1. The average molecular weight is 644 g/mol. The van der Waals surface area contributed by atoms with Crippen molar-refractivity contribution < 1.29 is 4.52 Å². The summed E-state index contributed by atoms with van der Waals surface area (Å²) in [6, 6.07) is 24.5. The largest absolute Gasteiger partial charge is 0.364 e. The molecule has 0 spiro atoms. The molecule has 1 N–H and O–H groups in total. The maximum Gasteiger partial charge on any atom is 0.126 e. The van der Waals surface area contributed by atoms with Crippen LogP contribution in [-0.2, 0) is 0 Å². The van der Waals surface area contributed by atoms with Crippen molar-refractivity contribution in [1.29, 1.82) is 0 Å². The van der Waals surface area contributed by atoms with Gasteiger partial charge in [0.25, 0.3) is 0 Å². The third-order valence-corrected chi connectivity index (χ3v) is 10.4. The van der Waals surface area contributed by atoms with Gasteiger partial charge in [0.2, 0.25) is 0 Å². The fourth-order valence-electron chi connectivity index (χ4n) is 5.73. The van der Waals surface area contributed by atoms with E-state index in [1.165, 1.54) is 34.6 Å². The van der Waals surface area contributed by atoms with Crippen molar-refractivity contribution in [2.24, 2.45) is 0 Å². The Hall–Kier alpha value is -4.88. The zero-order chi connectivity index (χ0) is 29.0. The van der Waals surface area contributed by atoms with Gasteiger partial charge in [-0.05, 0) is 71.0 Å². The van der Waals surface area contributed by atoms with Gasteiger partial charge in [-0.15, -0.1) is 16.4 Å². The number of nitrogens with one attached hydrogen (secondary N) is 1. The molecule has 9 aromatic rings. The number of benzene rings is 3. The van der Waals surface area contributed by atoms with Gasteiger partial charge in [-0.2, -0.15) is 8.75 Å². The Morgan fingerprint density at radius 2 is 1.55 bits per heavy atom. The molecule has 12 heteroatoms. The topological polar surface area (TPSA) is 106 Å². The lowest BCUT2D eigenvalue weighted by molar-refractivity contribution is 0.422. The fraction of sp³-hybridized carbons (Fsp3) is 0. The smallest absolute Gasteiger partial charge is 0.126 e. The monoisotopic (exact) mass is 643 g/mol. The molecule has 0 bridgehead atoms. The van der Waals surface area contributed by atoms with Crippen molar-refractivity contribution in [3.05, 3.63) is 96.0 Å². The minimum atomic E-state index is 0.672. The first-order valence-corrected chi connectivity index (χ1v) is 16.8. The van der Waals surface area contributed by atoms with Gasteiger partial charge in [-0.3, -0.25) is 0 Å². The van der Waals surface area contributed by atoms with Crippen LogP contribution in [0.1, 0.15) is 0 Å². The molecule has 44 heavy (non-hydrogen) atoms. The number of aromatic amines is 1. The fourth-order valence-corrected chi connectivity index (χ4v) is 8.49. The Morgan fingerprint density at radius 1 is 0.682 bits per heavy atom. The van der Waals surface area contributed by atoms with Crippen LogP contribution in [0.4, 0.5) is 0 Å². The van der Waals surface area contributed by atoms with E-state index in [9.17, 15) is 0 Å². The maximum atomic E-state index is 5.48. The normalized spacial score (nSPS) is 11.6. The molecule has 0 fully saturated rings. The van der Waals surface area contributed by atoms with Gasteiger partial charge in [0.05, 0.1) is 26.3 Å². The molecule has 0 unspecified atom stereocenters. The highest BCUT2D eigenvalue weighted by molar-refractivity contribution is 7.21. The Morgan fingerprint density at radius 3 is 2.32 bits per heavy atom. The Kier molecular flexibility index (Phi) is 6.04. The van der Waals surface area contributed by atoms with E-state index < -0.39 is 0 Å². The number of rotatable bonds is 6. The van der Waals surface area contributed by atoms with Gasteiger partial charge in [0.1, 0.15) is 22.7 Å². The zero-order valence-corrected chi connectivity index (χ0v) is 25.7. The lowest BCUT2D eigenvalue weighted by Gasteiger charge is -2.23. The van der Waals surface area contributed by atoms with Crippen molar-refractivity contribution in [2.75, 3.05) is 0 Å². The summed E-state index contributed by atoms with van der Waals surface area (Å²) < 4.78 is 22.0. The van der Waals surface area contributed by atoms with Crippen LogP contribution in [0.3, 0.4) is 0 Å². The Balaban J connectivity index is 1.58. The number of thiazole rings is 1. The van der Waals surface area contributed by atoms with E-state index >= 15 is 0 Å². The Labute approximate surface area is 265 Å².